The van der Waals surface area contributed by atoms with Crippen molar-refractivity contribution in [2.45, 2.75) is 13.0 Å². The quantitative estimate of drug-likeness (QED) is 0.505. The number of urea groups is 1. The number of anilines is 1. The van der Waals surface area contributed by atoms with Crippen LogP contribution in [-0.2, 0) is 4.79 Å². The molecule has 0 aliphatic heterocycles. The van der Waals surface area contributed by atoms with Crippen molar-refractivity contribution in [2.75, 3.05) is 5.32 Å². The Morgan fingerprint density at radius 1 is 1.24 bits per heavy atom. The number of nitrogens with one attached hydrogen (secondary N) is 2. The standard InChI is InChI=1S/C17H16BrN3O4/c1-11(16(22)23)25-15-7-5-12(6-8-15)10-19-21-17(24)20-14-4-2-3-13(18)9-14/h2-11H,1H3,(H,22,23)(H2,20,21,24)/b19-10+/t11-/m1/s1. The van der Waals surface area contributed by atoms with Crippen LogP contribution in [0.15, 0.2) is 58.1 Å². The number of hydrazone groups is 1. The van der Waals surface area contributed by atoms with Crippen molar-refractivity contribution in [1.29, 1.82) is 0 Å². The Kier molecular flexibility index (Phi) is 6.53. The van der Waals surface area contributed by atoms with Crippen LogP contribution in [0.1, 0.15) is 12.5 Å². The number of nitrogens with zero attached hydrogens (tertiary/aromatic N) is 1. The maximum absolute atomic E-state index is 11.7. The summed E-state index contributed by atoms with van der Waals surface area (Å²) in [6.07, 6.45) is 0.535. The molecule has 2 aromatic rings. The molecule has 0 spiro atoms. The predicted molar refractivity (Wildman–Crippen MR) is 98.1 cm³/mol. The molecule has 3 N–H and O–H groups in total. The largest absolute Gasteiger partial charge is 0.479 e. The fourth-order valence-electron chi connectivity index (χ4n) is 1.78. The van der Waals surface area contributed by atoms with Crippen LogP contribution >= 0.6 is 15.9 Å². The van der Waals surface area contributed by atoms with Gasteiger partial charge in [0.2, 0.25) is 0 Å². The first-order chi connectivity index (χ1) is 11.9. The van der Waals surface area contributed by atoms with E-state index in [2.05, 4.69) is 31.8 Å². The first kappa shape index (κ1) is 18.5. The minimum Gasteiger partial charge on any atom is -0.479 e. The molecule has 0 heterocycles. The average molecular weight is 406 g/mol. The Balaban J connectivity index is 1.85. The molecule has 0 saturated heterocycles. The Bertz CT molecular complexity index is 778. The summed E-state index contributed by atoms with van der Waals surface area (Å²) >= 11 is 3.32. The number of rotatable bonds is 6. The molecule has 8 heteroatoms. The number of benzene rings is 2. The van der Waals surface area contributed by atoms with Gasteiger partial charge in [0.15, 0.2) is 6.10 Å². The van der Waals surface area contributed by atoms with E-state index in [0.717, 1.165) is 10.0 Å². The molecular weight excluding hydrogens is 390 g/mol. The molecule has 25 heavy (non-hydrogen) atoms. The highest BCUT2D eigenvalue weighted by Crippen LogP contribution is 2.15. The summed E-state index contributed by atoms with van der Waals surface area (Å²) in [4.78, 5) is 22.5. The lowest BCUT2D eigenvalue weighted by Gasteiger charge is -2.09. The van der Waals surface area contributed by atoms with Gasteiger partial charge in [-0.2, -0.15) is 5.10 Å². The molecule has 0 radical (unpaired) electrons. The molecule has 0 fully saturated rings. The molecule has 0 unspecified atom stereocenters. The number of carboxylic acid groups (broad SMARTS) is 1. The zero-order valence-electron chi connectivity index (χ0n) is 13.3. The van der Waals surface area contributed by atoms with Gasteiger partial charge in [-0.3, -0.25) is 0 Å². The van der Waals surface area contributed by atoms with Crippen LogP contribution in [0, 0.1) is 0 Å². The molecule has 2 rings (SSSR count). The number of halogens is 1. The zero-order valence-corrected chi connectivity index (χ0v) is 14.9. The molecule has 2 amide bonds. The van der Waals surface area contributed by atoms with Gasteiger partial charge in [0, 0.05) is 10.2 Å². The van der Waals surface area contributed by atoms with E-state index in [-0.39, 0.29) is 0 Å². The van der Waals surface area contributed by atoms with Crippen LogP contribution in [0.2, 0.25) is 0 Å². The second-order valence-corrected chi connectivity index (χ2v) is 5.92. The Morgan fingerprint density at radius 3 is 2.60 bits per heavy atom. The smallest absolute Gasteiger partial charge is 0.344 e. The van der Waals surface area contributed by atoms with Crippen LogP contribution in [0.25, 0.3) is 0 Å². The fraction of sp³-hybridized carbons (Fsp3) is 0.118. The van der Waals surface area contributed by atoms with E-state index in [9.17, 15) is 9.59 Å². The number of hydrogen-bond donors (Lipinski definition) is 3. The van der Waals surface area contributed by atoms with E-state index in [1.54, 1.807) is 42.5 Å². The first-order valence-corrected chi connectivity index (χ1v) is 8.08. The normalized spacial score (nSPS) is 11.8. The molecule has 0 saturated carbocycles. The lowest BCUT2D eigenvalue weighted by Crippen LogP contribution is -2.24. The summed E-state index contributed by atoms with van der Waals surface area (Å²) in [6, 6.07) is 13.4. The van der Waals surface area contributed by atoms with Crippen molar-refractivity contribution >= 4 is 39.8 Å². The fourth-order valence-corrected chi connectivity index (χ4v) is 2.18. The zero-order chi connectivity index (χ0) is 18.2. The van der Waals surface area contributed by atoms with E-state index in [1.165, 1.54) is 13.1 Å². The van der Waals surface area contributed by atoms with Gasteiger partial charge in [-0.1, -0.05) is 22.0 Å². The molecule has 7 nitrogen and oxygen atoms in total. The van der Waals surface area contributed by atoms with Crippen LogP contribution in [-0.4, -0.2) is 29.4 Å². The van der Waals surface area contributed by atoms with Gasteiger partial charge in [-0.25, -0.2) is 15.0 Å². The van der Waals surface area contributed by atoms with Gasteiger partial charge >= 0.3 is 12.0 Å². The molecule has 130 valence electrons. The van der Waals surface area contributed by atoms with Crippen molar-refractivity contribution in [3.05, 3.63) is 58.6 Å². The Hall–Kier alpha value is -2.87. The third-order valence-electron chi connectivity index (χ3n) is 3.00. The lowest BCUT2D eigenvalue weighted by atomic mass is 10.2. The third kappa shape index (κ3) is 6.27. The third-order valence-corrected chi connectivity index (χ3v) is 3.50. The van der Waals surface area contributed by atoms with Crippen molar-refractivity contribution < 1.29 is 19.4 Å². The van der Waals surface area contributed by atoms with Gasteiger partial charge in [-0.15, -0.1) is 0 Å². The molecule has 0 bridgehead atoms. The highest BCUT2D eigenvalue weighted by molar-refractivity contribution is 9.10. The lowest BCUT2D eigenvalue weighted by molar-refractivity contribution is -0.144. The summed E-state index contributed by atoms with van der Waals surface area (Å²) in [5.41, 5.74) is 3.71. The highest BCUT2D eigenvalue weighted by atomic mass is 79.9. The van der Waals surface area contributed by atoms with E-state index < -0.39 is 18.1 Å². The van der Waals surface area contributed by atoms with E-state index in [1.807, 2.05) is 6.07 Å². The van der Waals surface area contributed by atoms with Crippen LogP contribution in [0.3, 0.4) is 0 Å². The van der Waals surface area contributed by atoms with Crippen molar-refractivity contribution in [3.8, 4) is 5.75 Å². The Morgan fingerprint density at radius 2 is 1.96 bits per heavy atom. The van der Waals surface area contributed by atoms with Crippen LogP contribution in [0.4, 0.5) is 10.5 Å². The van der Waals surface area contributed by atoms with E-state index >= 15 is 0 Å². The van der Waals surface area contributed by atoms with Crippen molar-refractivity contribution in [2.24, 2.45) is 5.10 Å². The van der Waals surface area contributed by atoms with Gasteiger partial charge in [0.1, 0.15) is 5.75 Å². The number of carbonyl (C=O) groups is 2. The van der Waals surface area contributed by atoms with Gasteiger partial charge in [0.05, 0.1) is 6.21 Å². The summed E-state index contributed by atoms with van der Waals surface area (Å²) in [6.45, 7) is 1.45. The molecule has 2 aromatic carbocycles. The van der Waals surface area contributed by atoms with Crippen molar-refractivity contribution in [1.82, 2.24) is 5.43 Å². The number of ether oxygens (including phenoxy) is 1. The monoisotopic (exact) mass is 405 g/mol. The number of carboxylic acids is 1. The van der Waals surface area contributed by atoms with Crippen LogP contribution in [0.5, 0.6) is 5.75 Å². The Labute approximate surface area is 152 Å². The minimum atomic E-state index is -1.04. The summed E-state index contributed by atoms with van der Waals surface area (Å²) in [5, 5.41) is 15.3. The van der Waals surface area contributed by atoms with E-state index in [0.29, 0.717) is 11.4 Å². The minimum absolute atomic E-state index is 0.437. The predicted octanol–water partition coefficient (Wildman–Crippen LogP) is 3.46. The number of amides is 2. The molecule has 1 atom stereocenters. The summed E-state index contributed by atoms with van der Waals surface area (Å²) in [7, 11) is 0. The first-order valence-electron chi connectivity index (χ1n) is 7.29. The number of hydrogen-bond acceptors (Lipinski definition) is 4. The van der Waals surface area contributed by atoms with Crippen LogP contribution < -0.4 is 15.5 Å². The molecule has 0 aliphatic rings. The van der Waals surface area contributed by atoms with Gasteiger partial charge in [-0.05, 0) is 55.0 Å². The maximum atomic E-state index is 11.7. The molecule has 0 aromatic heterocycles. The van der Waals surface area contributed by atoms with Gasteiger partial charge in [0.25, 0.3) is 0 Å². The average Bonchev–Trinajstić information content (AvgIpc) is 2.56. The SMILES string of the molecule is C[C@@H](Oc1ccc(/C=N/NC(=O)Nc2cccc(Br)c2)cc1)C(=O)O. The van der Waals surface area contributed by atoms with Crippen molar-refractivity contribution in [3.63, 3.8) is 0 Å². The topological polar surface area (TPSA) is 100 Å². The van der Waals surface area contributed by atoms with E-state index in [4.69, 9.17) is 9.84 Å². The second-order valence-electron chi connectivity index (χ2n) is 5.00. The van der Waals surface area contributed by atoms with Gasteiger partial charge < -0.3 is 15.2 Å². The second kappa shape index (κ2) is 8.84. The summed E-state index contributed by atoms with van der Waals surface area (Å²) in [5.74, 6) is -0.598. The number of aliphatic carboxylic acids is 1. The number of carbonyl (C=O) groups excluding carboxylic acids is 1. The molecular formula is C17H16BrN3O4. The summed E-state index contributed by atoms with van der Waals surface area (Å²) < 4.78 is 6.08. The maximum Gasteiger partial charge on any atom is 0.344 e. The molecule has 0 aliphatic carbocycles. The highest BCUT2D eigenvalue weighted by Gasteiger charge is 2.11.